The number of hydrogen-bond acceptors (Lipinski definition) is 1. The van der Waals surface area contributed by atoms with E-state index in [1.54, 1.807) is 0 Å². The molecule has 0 atom stereocenters. The predicted octanol–water partition coefficient (Wildman–Crippen LogP) is -0.547. The molecule has 3 fully saturated rings. The van der Waals surface area contributed by atoms with E-state index in [-0.39, 0.29) is 11.0 Å². The molecule has 0 radical (unpaired) electrons. The topological polar surface area (TPSA) is 66.2 Å². The van der Waals surface area contributed by atoms with Crippen LogP contribution in [0.4, 0.5) is 0 Å². The van der Waals surface area contributed by atoms with Crippen LogP contribution in [0.15, 0.2) is 0 Å². The Balaban J connectivity index is 0.000000405. The minimum absolute atomic E-state index is 0. The summed E-state index contributed by atoms with van der Waals surface area (Å²) >= 11 is 0. The molecule has 0 amide bonds. The summed E-state index contributed by atoms with van der Waals surface area (Å²) in [6.07, 6.45) is 4.46. The van der Waals surface area contributed by atoms with Gasteiger partial charge in [0.25, 0.3) is 0 Å². The number of piperidine rings is 3. The van der Waals surface area contributed by atoms with Crippen molar-refractivity contribution in [3.8, 4) is 0 Å². The van der Waals surface area contributed by atoms with E-state index >= 15 is 0 Å². The van der Waals surface area contributed by atoms with Crippen molar-refractivity contribution in [1.82, 2.24) is 4.90 Å². The Bertz CT molecular complexity index is 66.6. The van der Waals surface area contributed by atoms with Crippen molar-refractivity contribution in [1.29, 1.82) is 0 Å². The molecule has 3 heterocycles. The summed E-state index contributed by atoms with van der Waals surface area (Å²) < 4.78 is 0. The third-order valence-electron chi connectivity index (χ3n) is 2.56. The van der Waals surface area contributed by atoms with Crippen LogP contribution in [-0.4, -0.2) is 35.5 Å². The van der Waals surface area contributed by atoms with Gasteiger partial charge in [-0.15, -0.1) is 0 Å². The standard InChI is InChI=1S/C7H13N.2H2O/c1-4-8-5-2-7(1)3-6-8;;/h7H,1-6H2;2*1H2. The summed E-state index contributed by atoms with van der Waals surface area (Å²) in [6.45, 7) is 4.18. The number of nitrogens with zero attached hydrogens (tertiary/aromatic N) is 1. The second-order valence-electron chi connectivity index (χ2n) is 3.07. The molecule has 3 saturated heterocycles. The maximum absolute atomic E-state index is 2.58. The van der Waals surface area contributed by atoms with E-state index in [0.717, 1.165) is 5.92 Å². The highest BCUT2D eigenvalue weighted by Gasteiger charge is 2.24. The fraction of sp³-hybridized carbons (Fsp3) is 1.00. The van der Waals surface area contributed by atoms with E-state index in [2.05, 4.69) is 4.90 Å². The molecule has 3 heteroatoms. The van der Waals surface area contributed by atoms with E-state index in [0.29, 0.717) is 0 Å². The number of rotatable bonds is 0. The fourth-order valence-corrected chi connectivity index (χ4v) is 1.86. The third kappa shape index (κ3) is 1.68. The highest BCUT2D eigenvalue weighted by molar-refractivity contribution is 4.78. The minimum Gasteiger partial charge on any atom is -0.412 e. The van der Waals surface area contributed by atoms with Crippen LogP contribution >= 0.6 is 0 Å². The smallest absolute Gasteiger partial charge is 0.00161 e. The first-order valence-electron chi connectivity index (χ1n) is 3.67. The van der Waals surface area contributed by atoms with Crippen molar-refractivity contribution in [3.63, 3.8) is 0 Å². The Hall–Kier alpha value is -0.120. The average Bonchev–Trinajstić information content (AvgIpc) is 1.92. The van der Waals surface area contributed by atoms with E-state index in [1.165, 1.54) is 38.9 Å². The molecule has 0 aromatic heterocycles. The van der Waals surface area contributed by atoms with Crippen molar-refractivity contribution in [2.45, 2.75) is 19.3 Å². The van der Waals surface area contributed by atoms with Gasteiger partial charge < -0.3 is 15.9 Å². The first kappa shape index (κ1) is 9.88. The van der Waals surface area contributed by atoms with Crippen LogP contribution in [0.25, 0.3) is 0 Å². The quantitative estimate of drug-likeness (QED) is 0.453. The molecule has 3 aliphatic heterocycles. The molecule has 62 valence electrons. The normalized spacial score (nSPS) is 36.0. The second kappa shape index (κ2) is 3.91. The zero-order valence-electron chi connectivity index (χ0n) is 6.27. The van der Waals surface area contributed by atoms with E-state index in [9.17, 15) is 0 Å². The zero-order valence-corrected chi connectivity index (χ0v) is 6.27. The summed E-state index contributed by atoms with van der Waals surface area (Å²) in [5.41, 5.74) is 0. The third-order valence-corrected chi connectivity index (χ3v) is 2.56. The van der Waals surface area contributed by atoms with Gasteiger partial charge in [0.15, 0.2) is 0 Å². The van der Waals surface area contributed by atoms with Crippen molar-refractivity contribution >= 4 is 0 Å². The zero-order chi connectivity index (χ0) is 5.40. The second-order valence-corrected chi connectivity index (χ2v) is 3.07. The maximum atomic E-state index is 2.58. The van der Waals surface area contributed by atoms with Crippen LogP contribution in [-0.2, 0) is 0 Å². The molecule has 0 aromatic carbocycles. The van der Waals surface area contributed by atoms with E-state index in [1.807, 2.05) is 0 Å². The highest BCUT2D eigenvalue weighted by atomic mass is 16.0. The van der Waals surface area contributed by atoms with Crippen LogP contribution in [0.2, 0.25) is 0 Å². The summed E-state index contributed by atoms with van der Waals surface area (Å²) in [5.74, 6) is 1.11. The van der Waals surface area contributed by atoms with Crippen LogP contribution in [0.3, 0.4) is 0 Å². The molecule has 3 rings (SSSR count). The van der Waals surface area contributed by atoms with E-state index in [4.69, 9.17) is 0 Å². The molecule has 2 bridgehead atoms. The lowest BCUT2D eigenvalue weighted by Crippen LogP contribution is -2.41. The van der Waals surface area contributed by atoms with Gasteiger partial charge >= 0.3 is 0 Å². The molecule has 3 nitrogen and oxygen atoms in total. The van der Waals surface area contributed by atoms with Crippen LogP contribution < -0.4 is 0 Å². The molecule has 0 spiro atoms. The first-order valence-corrected chi connectivity index (χ1v) is 3.67. The van der Waals surface area contributed by atoms with Gasteiger partial charge in [-0.25, -0.2) is 0 Å². The van der Waals surface area contributed by atoms with Gasteiger partial charge in [0.1, 0.15) is 0 Å². The van der Waals surface area contributed by atoms with Gasteiger partial charge in [-0.3, -0.25) is 0 Å². The lowest BCUT2D eigenvalue weighted by molar-refractivity contribution is 0.111. The largest absolute Gasteiger partial charge is 0.412 e. The van der Waals surface area contributed by atoms with Gasteiger partial charge in [0.2, 0.25) is 0 Å². The molecule has 0 aromatic rings. The van der Waals surface area contributed by atoms with Gasteiger partial charge in [-0.1, -0.05) is 0 Å². The average molecular weight is 147 g/mol. The highest BCUT2D eigenvalue weighted by Crippen LogP contribution is 2.26. The summed E-state index contributed by atoms with van der Waals surface area (Å²) in [7, 11) is 0. The summed E-state index contributed by atoms with van der Waals surface area (Å²) in [6, 6.07) is 0. The SMILES string of the molecule is C1CN2CCC1CC2.O.O. The van der Waals surface area contributed by atoms with Crippen molar-refractivity contribution in [2.24, 2.45) is 5.92 Å². The Kier molecular flexibility index (Phi) is 3.86. The van der Waals surface area contributed by atoms with Crippen LogP contribution in [0.1, 0.15) is 19.3 Å². The molecule has 0 aliphatic carbocycles. The molecule has 0 unspecified atom stereocenters. The van der Waals surface area contributed by atoms with Crippen molar-refractivity contribution < 1.29 is 11.0 Å². The van der Waals surface area contributed by atoms with Gasteiger partial charge in [0.05, 0.1) is 0 Å². The molecule has 0 saturated carbocycles. The number of hydrogen-bond donors (Lipinski definition) is 0. The summed E-state index contributed by atoms with van der Waals surface area (Å²) in [4.78, 5) is 2.58. The summed E-state index contributed by atoms with van der Waals surface area (Å²) in [5, 5.41) is 0. The Labute approximate surface area is 61.6 Å². The predicted molar refractivity (Wildman–Crippen MR) is 41.0 cm³/mol. The van der Waals surface area contributed by atoms with Crippen LogP contribution in [0, 0.1) is 5.92 Å². The van der Waals surface area contributed by atoms with Crippen molar-refractivity contribution in [2.75, 3.05) is 19.6 Å². The molecule has 4 N–H and O–H groups in total. The van der Waals surface area contributed by atoms with E-state index < -0.39 is 0 Å². The Morgan fingerprint density at radius 2 is 1.20 bits per heavy atom. The molecular weight excluding hydrogens is 130 g/mol. The fourth-order valence-electron chi connectivity index (χ4n) is 1.86. The lowest BCUT2D eigenvalue weighted by atomic mass is 9.89. The van der Waals surface area contributed by atoms with Crippen LogP contribution in [0.5, 0.6) is 0 Å². The first-order chi connectivity index (χ1) is 3.95. The molecule has 10 heavy (non-hydrogen) atoms. The Morgan fingerprint density at radius 1 is 0.800 bits per heavy atom. The molecular formula is C7H17NO2. The minimum atomic E-state index is 0. The molecule has 3 aliphatic rings. The maximum Gasteiger partial charge on any atom is -0.00161 e. The monoisotopic (exact) mass is 147 g/mol. The van der Waals surface area contributed by atoms with Gasteiger partial charge in [0, 0.05) is 0 Å². The van der Waals surface area contributed by atoms with Crippen molar-refractivity contribution in [3.05, 3.63) is 0 Å². The lowest BCUT2D eigenvalue weighted by Gasteiger charge is -2.38. The number of fused-ring (bicyclic) bond motifs is 3. The van der Waals surface area contributed by atoms with Gasteiger partial charge in [-0.05, 0) is 44.8 Å². The van der Waals surface area contributed by atoms with Gasteiger partial charge in [-0.2, -0.15) is 0 Å². The Morgan fingerprint density at radius 3 is 1.30 bits per heavy atom.